The predicted octanol–water partition coefficient (Wildman–Crippen LogP) is 2.58. The number of rotatable bonds is 5. The van der Waals surface area contributed by atoms with Gasteiger partial charge in [0, 0.05) is 6.54 Å². The van der Waals surface area contributed by atoms with Crippen LogP contribution in [0, 0.1) is 11.3 Å². The Morgan fingerprint density at radius 3 is 2.80 bits per heavy atom. The molecule has 0 aliphatic carbocycles. The van der Waals surface area contributed by atoms with E-state index < -0.39 is 0 Å². The maximum absolute atomic E-state index is 8.61. The van der Waals surface area contributed by atoms with E-state index in [1.54, 1.807) is 0 Å². The lowest BCUT2D eigenvalue weighted by Gasteiger charge is -2.12. The van der Waals surface area contributed by atoms with Crippen molar-refractivity contribution in [1.29, 1.82) is 5.26 Å². The van der Waals surface area contributed by atoms with Gasteiger partial charge in [0.2, 0.25) is 0 Å². The summed E-state index contributed by atoms with van der Waals surface area (Å²) in [5.41, 5.74) is 1.98. The highest BCUT2D eigenvalue weighted by Crippen LogP contribution is 2.25. The SMILES string of the molecule is CCNc1ccc(CC#N)cc1OCC. The van der Waals surface area contributed by atoms with Crippen LogP contribution in [0.3, 0.4) is 0 Å². The number of nitrogens with one attached hydrogen (secondary N) is 1. The molecule has 0 radical (unpaired) electrons. The predicted molar refractivity (Wildman–Crippen MR) is 61.1 cm³/mol. The molecule has 0 aliphatic heterocycles. The third kappa shape index (κ3) is 3.17. The lowest BCUT2D eigenvalue weighted by molar-refractivity contribution is 0.341. The van der Waals surface area contributed by atoms with Crippen molar-refractivity contribution in [3.05, 3.63) is 23.8 Å². The lowest BCUT2D eigenvalue weighted by Crippen LogP contribution is -2.02. The van der Waals surface area contributed by atoms with Crippen molar-refractivity contribution in [3.8, 4) is 11.8 Å². The number of nitriles is 1. The molecule has 1 N–H and O–H groups in total. The van der Waals surface area contributed by atoms with Gasteiger partial charge in [0.05, 0.1) is 24.8 Å². The van der Waals surface area contributed by atoms with E-state index >= 15 is 0 Å². The fraction of sp³-hybridized carbons (Fsp3) is 0.417. The third-order valence-electron chi connectivity index (χ3n) is 2.00. The van der Waals surface area contributed by atoms with Crippen LogP contribution in [0.4, 0.5) is 5.69 Å². The van der Waals surface area contributed by atoms with Crippen LogP contribution in [0.15, 0.2) is 18.2 Å². The Hall–Kier alpha value is -1.69. The maximum Gasteiger partial charge on any atom is 0.142 e. The fourth-order valence-corrected chi connectivity index (χ4v) is 1.38. The highest BCUT2D eigenvalue weighted by molar-refractivity contribution is 5.58. The summed E-state index contributed by atoms with van der Waals surface area (Å²) in [6.45, 7) is 5.48. The Balaban J connectivity index is 2.93. The van der Waals surface area contributed by atoms with Crippen LogP contribution in [0.1, 0.15) is 19.4 Å². The van der Waals surface area contributed by atoms with Crippen LogP contribution in [0.25, 0.3) is 0 Å². The smallest absolute Gasteiger partial charge is 0.142 e. The number of anilines is 1. The minimum Gasteiger partial charge on any atom is -0.492 e. The molecule has 0 saturated carbocycles. The van der Waals surface area contributed by atoms with E-state index in [1.165, 1.54) is 0 Å². The van der Waals surface area contributed by atoms with Crippen LogP contribution >= 0.6 is 0 Å². The van der Waals surface area contributed by atoms with Crippen LogP contribution in [0.2, 0.25) is 0 Å². The Bertz CT molecular complexity index is 355. The molecule has 1 aromatic rings. The summed E-state index contributed by atoms with van der Waals surface area (Å²) in [5, 5.41) is 11.8. The minimum absolute atomic E-state index is 0.423. The largest absolute Gasteiger partial charge is 0.492 e. The van der Waals surface area contributed by atoms with Gasteiger partial charge in [0.1, 0.15) is 5.75 Å². The molecule has 0 aliphatic rings. The van der Waals surface area contributed by atoms with Gasteiger partial charge in [0.25, 0.3) is 0 Å². The molecule has 0 amide bonds. The molecule has 0 fully saturated rings. The standard InChI is InChI=1S/C12H16N2O/c1-3-14-11-6-5-10(7-8-13)9-12(11)15-4-2/h5-6,9,14H,3-4,7H2,1-2H3. The molecule has 80 valence electrons. The molecule has 1 rings (SSSR count). The zero-order valence-corrected chi connectivity index (χ0v) is 9.21. The molecule has 0 heterocycles. The van der Waals surface area contributed by atoms with Gasteiger partial charge in [-0.25, -0.2) is 0 Å². The van der Waals surface area contributed by atoms with Crippen molar-refractivity contribution in [2.75, 3.05) is 18.5 Å². The first-order valence-corrected chi connectivity index (χ1v) is 5.18. The van der Waals surface area contributed by atoms with Gasteiger partial charge < -0.3 is 10.1 Å². The summed E-state index contributed by atoms with van der Waals surface area (Å²) >= 11 is 0. The Kier molecular flexibility index (Phi) is 4.49. The third-order valence-corrected chi connectivity index (χ3v) is 2.00. The molecular weight excluding hydrogens is 188 g/mol. The van der Waals surface area contributed by atoms with E-state index in [0.717, 1.165) is 23.5 Å². The Labute approximate surface area is 90.7 Å². The van der Waals surface area contributed by atoms with Crippen LogP contribution in [0.5, 0.6) is 5.75 Å². The van der Waals surface area contributed by atoms with Crippen molar-refractivity contribution in [1.82, 2.24) is 0 Å². The van der Waals surface area contributed by atoms with Crippen molar-refractivity contribution in [2.45, 2.75) is 20.3 Å². The summed E-state index contributed by atoms with van der Waals surface area (Å²) in [6.07, 6.45) is 0.423. The molecule has 0 bridgehead atoms. The second kappa shape index (κ2) is 5.92. The van der Waals surface area contributed by atoms with E-state index in [9.17, 15) is 0 Å². The van der Waals surface area contributed by atoms with E-state index in [1.807, 2.05) is 32.0 Å². The zero-order valence-electron chi connectivity index (χ0n) is 9.21. The monoisotopic (exact) mass is 204 g/mol. The van der Waals surface area contributed by atoms with Crippen LogP contribution in [-0.2, 0) is 6.42 Å². The molecule has 15 heavy (non-hydrogen) atoms. The quantitative estimate of drug-likeness (QED) is 0.801. The van der Waals surface area contributed by atoms with Crippen LogP contribution < -0.4 is 10.1 Å². The lowest BCUT2D eigenvalue weighted by atomic mass is 10.1. The normalized spacial score (nSPS) is 9.40. The molecule has 0 unspecified atom stereocenters. The molecule has 0 saturated heterocycles. The highest BCUT2D eigenvalue weighted by Gasteiger charge is 2.03. The van der Waals surface area contributed by atoms with Gasteiger partial charge in [-0.3, -0.25) is 0 Å². The van der Waals surface area contributed by atoms with Crippen LogP contribution in [-0.4, -0.2) is 13.2 Å². The number of benzene rings is 1. The van der Waals surface area contributed by atoms with Gasteiger partial charge in [-0.05, 0) is 31.5 Å². The molecule has 3 heteroatoms. The zero-order chi connectivity index (χ0) is 11.1. The summed E-state index contributed by atoms with van der Waals surface area (Å²) in [5.74, 6) is 0.826. The summed E-state index contributed by atoms with van der Waals surface area (Å²) in [4.78, 5) is 0. The van der Waals surface area contributed by atoms with E-state index in [-0.39, 0.29) is 0 Å². The highest BCUT2D eigenvalue weighted by atomic mass is 16.5. The van der Waals surface area contributed by atoms with Crippen molar-refractivity contribution >= 4 is 5.69 Å². The molecule has 0 atom stereocenters. The first-order valence-electron chi connectivity index (χ1n) is 5.18. The summed E-state index contributed by atoms with van der Waals surface area (Å²) in [7, 11) is 0. The minimum atomic E-state index is 0.423. The topological polar surface area (TPSA) is 45.0 Å². The first kappa shape index (κ1) is 11.4. The second-order valence-corrected chi connectivity index (χ2v) is 3.13. The number of hydrogen-bond acceptors (Lipinski definition) is 3. The van der Waals surface area contributed by atoms with Gasteiger partial charge >= 0.3 is 0 Å². The van der Waals surface area contributed by atoms with Gasteiger partial charge in [0.15, 0.2) is 0 Å². The summed E-state index contributed by atoms with van der Waals surface area (Å²) < 4.78 is 5.50. The van der Waals surface area contributed by atoms with E-state index in [0.29, 0.717) is 13.0 Å². The number of nitrogens with zero attached hydrogens (tertiary/aromatic N) is 1. The molecule has 1 aromatic carbocycles. The second-order valence-electron chi connectivity index (χ2n) is 3.13. The average molecular weight is 204 g/mol. The van der Waals surface area contributed by atoms with E-state index in [4.69, 9.17) is 10.00 Å². The first-order chi connectivity index (χ1) is 7.31. The van der Waals surface area contributed by atoms with E-state index in [2.05, 4.69) is 11.4 Å². The summed E-state index contributed by atoms with van der Waals surface area (Å²) in [6, 6.07) is 7.96. The van der Waals surface area contributed by atoms with Gasteiger partial charge in [-0.2, -0.15) is 5.26 Å². The molecule has 0 spiro atoms. The Morgan fingerprint density at radius 1 is 1.40 bits per heavy atom. The Morgan fingerprint density at radius 2 is 2.20 bits per heavy atom. The van der Waals surface area contributed by atoms with Crippen molar-refractivity contribution in [2.24, 2.45) is 0 Å². The van der Waals surface area contributed by atoms with Gasteiger partial charge in [-0.1, -0.05) is 6.07 Å². The molecule has 3 nitrogen and oxygen atoms in total. The number of ether oxygens (including phenoxy) is 1. The molecule has 0 aromatic heterocycles. The van der Waals surface area contributed by atoms with Gasteiger partial charge in [-0.15, -0.1) is 0 Å². The fourth-order valence-electron chi connectivity index (χ4n) is 1.38. The maximum atomic E-state index is 8.61. The van der Waals surface area contributed by atoms with Crippen molar-refractivity contribution in [3.63, 3.8) is 0 Å². The average Bonchev–Trinajstić information content (AvgIpc) is 2.23. The number of hydrogen-bond donors (Lipinski definition) is 1. The molecular formula is C12H16N2O. The van der Waals surface area contributed by atoms with Crippen molar-refractivity contribution < 1.29 is 4.74 Å².